The van der Waals surface area contributed by atoms with Crippen LogP contribution >= 0.6 is 11.6 Å². The molecule has 2 rings (SSSR count). The van der Waals surface area contributed by atoms with Crippen LogP contribution in [-0.4, -0.2) is 30.1 Å². The third-order valence-corrected chi connectivity index (χ3v) is 4.54. The Labute approximate surface area is 132 Å². The Morgan fingerprint density at radius 3 is 2.43 bits per heavy atom. The predicted octanol–water partition coefficient (Wildman–Crippen LogP) is 3.78. The topological polar surface area (TPSA) is 32.3 Å². The van der Waals surface area contributed by atoms with Gasteiger partial charge in [0.1, 0.15) is 0 Å². The van der Waals surface area contributed by atoms with Crippen molar-refractivity contribution in [1.29, 1.82) is 0 Å². The number of halogens is 1. The summed E-state index contributed by atoms with van der Waals surface area (Å²) in [4.78, 5) is 14.9. The lowest BCUT2D eigenvalue weighted by molar-refractivity contribution is -0.124. The van der Waals surface area contributed by atoms with Gasteiger partial charge in [0.25, 0.3) is 0 Å². The highest BCUT2D eigenvalue weighted by Crippen LogP contribution is 2.19. The van der Waals surface area contributed by atoms with Gasteiger partial charge in [-0.25, -0.2) is 0 Å². The van der Waals surface area contributed by atoms with Crippen molar-refractivity contribution in [2.24, 2.45) is 0 Å². The summed E-state index contributed by atoms with van der Waals surface area (Å²) in [6.07, 6.45) is 4.88. The Balaban J connectivity index is 1.96. The van der Waals surface area contributed by atoms with Crippen LogP contribution in [0.5, 0.6) is 0 Å². The number of benzene rings is 1. The van der Waals surface area contributed by atoms with Crippen molar-refractivity contribution in [2.45, 2.75) is 51.6 Å². The van der Waals surface area contributed by atoms with Crippen molar-refractivity contribution in [3.05, 3.63) is 34.9 Å². The molecule has 0 bridgehead atoms. The van der Waals surface area contributed by atoms with Crippen molar-refractivity contribution in [2.75, 3.05) is 13.1 Å². The molecule has 1 aliphatic heterocycles. The molecule has 1 aliphatic rings. The number of rotatable bonds is 5. The van der Waals surface area contributed by atoms with Gasteiger partial charge in [-0.05, 0) is 43.9 Å². The van der Waals surface area contributed by atoms with Crippen LogP contribution in [0.4, 0.5) is 0 Å². The average molecular weight is 309 g/mol. The van der Waals surface area contributed by atoms with Gasteiger partial charge >= 0.3 is 0 Å². The first-order valence-corrected chi connectivity index (χ1v) is 8.29. The normalized spacial score (nSPS) is 19.0. The summed E-state index contributed by atoms with van der Waals surface area (Å²) in [6.45, 7) is 6.26. The fourth-order valence-corrected chi connectivity index (χ4v) is 3.00. The van der Waals surface area contributed by atoms with Gasteiger partial charge in [-0.2, -0.15) is 0 Å². The number of carbonyl (C=O) groups is 1. The molecule has 1 aromatic rings. The Kier molecular flexibility index (Phi) is 6.07. The third-order valence-electron chi connectivity index (χ3n) is 4.29. The van der Waals surface area contributed by atoms with Crippen molar-refractivity contribution in [1.82, 2.24) is 10.2 Å². The van der Waals surface area contributed by atoms with Crippen LogP contribution in [0.3, 0.4) is 0 Å². The Morgan fingerprint density at radius 1 is 1.24 bits per heavy atom. The van der Waals surface area contributed by atoms with Crippen LogP contribution in [-0.2, 0) is 4.79 Å². The van der Waals surface area contributed by atoms with Crippen molar-refractivity contribution < 1.29 is 4.79 Å². The molecule has 1 saturated heterocycles. The van der Waals surface area contributed by atoms with Gasteiger partial charge in [0.15, 0.2) is 0 Å². The van der Waals surface area contributed by atoms with Crippen LogP contribution in [0.2, 0.25) is 5.02 Å². The molecule has 0 aromatic heterocycles. The largest absolute Gasteiger partial charge is 0.340 e. The first kappa shape index (κ1) is 16.3. The van der Waals surface area contributed by atoms with E-state index >= 15 is 0 Å². The molecule has 1 fully saturated rings. The van der Waals surface area contributed by atoms with Crippen LogP contribution in [0.15, 0.2) is 24.3 Å². The monoisotopic (exact) mass is 308 g/mol. The van der Waals surface area contributed by atoms with Crippen LogP contribution in [0, 0.1) is 0 Å². The molecule has 21 heavy (non-hydrogen) atoms. The molecule has 1 N–H and O–H groups in total. The summed E-state index contributed by atoms with van der Waals surface area (Å²) in [5, 5.41) is 3.90. The summed E-state index contributed by atoms with van der Waals surface area (Å²) in [6, 6.07) is 7.52. The third kappa shape index (κ3) is 4.45. The van der Waals surface area contributed by atoms with E-state index in [1.54, 1.807) is 0 Å². The van der Waals surface area contributed by atoms with Gasteiger partial charge in [-0.15, -0.1) is 0 Å². The summed E-state index contributed by atoms with van der Waals surface area (Å²) in [5.74, 6) is -0.0594. The van der Waals surface area contributed by atoms with Crippen molar-refractivity contribution in [3.8, 4) is 0 Å². The zero-order valence-corrected chi connectivity index (χ0v) is 13.7. The molecule has 0 saturated carbocycles. The highest BCUT2D eigenvalue weighted by Gasteiger charge is 2.23. The predicted molar refractivity (Wildman–Crippen MR) is 87.5 cm³/mol. The molecule has 1 heterocycles. The van der Waals surface area contributed by atoms with E-state index in [1.165, 1.54) is 19.3 Å². The first-order valence-electron chi connectivity index (χ1n) is 7.91. The molecule has 2 unspecified atom stereocenters. The number of nitrogens with one attached hydrogen (secondary N) is 1. The molecule has 4 heteroatoms. The highest BCUT2D eigenvalue weighted by molar-refractivity contribution is 6.30. The smallest absolute Gasteiger partial charge is 0.228 e. The molecular formula is C17H25ClN2O. The molecule has 0 radical (unpaired) electrons. The molecule has 2 atom stereocenters. The lowest BCUT2D eigenvalue weighted by atomic mass is 10.00. The quantitative estimate of drug-likeness (QED) is 0.897. The second kappa shape index (κ2) is 7.81. The number of hydrogen-bond acceptors (Lipinski definition) is 2. The molecule has 0 aliphatic carbocycles. The Bertz CT molecular complexity index is 454. The van der Waals surface area contributed by atoms with Gasteiger partial charge in [0, 0.05) is 18.1 Å². The van der Waals surface area contributed by atoms with E-state index in [0.717, 1.165) is 25.1 Å². The van der Waals surface area contributed by atoms with E-state index in [2.05, 4.69) is 17.1 Å². The average Bonchev–Trinajstić information content (AvgIpc) is 2.53. The summed E-state index contributed by atoms with van der Waals surface area (Å²) < 4.78 is 0. The van der Waals surface area contributed by atoms with Crippen molar-refractivity contribution >= 4 is 17.5 Å². The summed E-state index contributed by atoms with van der Waals surface area (Å²) in [7, 11) is 0. The minimum atomic E-state index is -0.152. The number of hydrogen-bond donors (Lipinski definition) is 1. The summed E-state index contributed by atoms with van der Waals surface area (Å²) in [5.41, 5.74) is 1.00. The zero-order chi connectivity index (χ0) is 15.2. The summed E-state index contributed by atoms with van der Waals surface area (Å²) >= 11 is 5.90. The maximum Gasteiger partial charge on any atom is 0.228 e. The molecule has 3 nitrogen and oxygen atoms in total. The van der Waals surface area contributed by atoms with Gasteiger partial charge in [-0.1, -0.05) is 37.1 Å². The van der Waals surface area contributed by atoms with E-state index in [0.29, 0.717) is 5.02 Å². The second-order valence-electron chi connectivity index (χ2n) is 5.80. The van der Waals surface area contributed by atoms with Crippen LogP contribution < -0.4 is 5.32 Å². The van der Waals surface area contributed by atoms with E-state index in [1.807, 2.05) is 31.2 Å². The minimum Gasteiger partial charge on any atom is -0.340 e. The fraction of sp³-hybridized carbons (Fsp3) is 0.588. The van der Waals surface area contributed by atoms with Crippen LogP contribution in [0.25, 0.3) is 0 Å². The maximum absolute atomic E-state index is 12.5. The van der Waals surface area contributed by atoms with Gasteiger partial charge in [-0.3, -0.25) is 9.69 Å². The van der Waals surface area contributed by atoms with E-state index in [9.17, 15) is 4.79 Å². The number of amides is 1. The lowest BCUT2D eigenvalue weighted by Crippen LogP contribution is -2.50. The maximum atomic E-state index is 12.5. The van der Waals surface area contributed by atoms with Gasteiger partial charge < -0.3 is 5.32 Å². The van der Waals surface area contributed by atoms with E-state index in [-0.39, 0.29) is 18.0 Å². The van der Waals surface area contributed by atoms with Crippen LogP contribution in [0.1, 0.15) is 51.0 Å². The SMILES string of the molecule is CCC(NC(=O)C(C)c1ccc(Cl)cc1)N1CCCCC1. The molecular weight excluding hydrogens is 284 g/mol. The first-order chi connectivity index (χ1) is 10.1. The molecule has 0 spiro atoms. The Morgan fingerprint density at radius 2 is 1.86 bits per heavy atom. The number of piperidine rings is 1. The standard InChI is InChI=1S/C17H25ClN2O/c1-3-16(20-11-5-4-6-12-20)19-17(21)13(2)14-7-9-15(18)10-8-14/h7-10,13,16H,3-6,11-12H2,1-2H3,(H,19,21). The van der Waals surface area contributed by atoms with Gasteiger partial charge in [0.05, 0.1) is 12.1 Å². The van der Waals surface area contributed by atoms with Gasteiger partial charge in [0.2, 0.25) is 5.91 Å². The minimum absolute atomic E-state index is 0.0924. The van der Waals surface area contributed by atoms with E-state index in [4.69, 9.17) is 11.6 Å². The molecule has 116 valence electrons. The number of carbonyl (C=O) groups excluding carboxylic acids is 1. The fourth-order valence-electron chi connectivity index (χ4n) is 2.87. The van der Waals surface area contributed by atoms with Crippen molar-refractivity contribution in [3.63, 3.8) is 0 Å². The Hall–Kier alpha value is -1.06. The molecule has 1 amide bonds. The highest BCUT2D eigenvalue weighted by atomic mass is 35.5. The number of likely N-dealkylation sites (tertiary alicyclic amines) is 1. The second-order valence-corrected chi connectivity index (χ2v) is 6.24. The number of nitrogens with zero attached hydrogens (tertiary/aromatic N) is 1. The lowest BCUT2D eigenvalue weighted by Gasteiger charge is -2.35. The zero-order valence-electron chi connectivity index (χ0n) is 12.9. The van der Waals surface area contributed by atoms with E-state index < -0.39 is 0 Å². The molecule has 1 aromatic carbocycles.